The first-order valence-electron chi connectivity index (χ1n) is 5.91. The number of benzene rings is 1. The molecule has 0 saturated carbocycles. The summed E-state index contributed by atoms with van der Waals surface area (Å²) in [7, 11) is 3.28. The number of halogens is 1. The number of methoxy groups -OCH3 is 2. The minimum Gasteiger partial charge on any atom is -0.493 e. The lowest BCUT2D eigenvalue weighted by Crippen LogP contribution is -2.06. The van der Waals surface area contributed by atoms with Gasteiger partial charge in [-0.15, -0.1) is 0 Å². The van der Waals surface area contributed by atoms with E-state index in [0.29, 0.717) is 29.7 Å². The molecule has 102 valence electrons. The molecule has 0 heterocycles. The maximum atomic E-state index is 5.97. The topological polar surface area (TPSA) is 53.7 Å². The Bertz CT molecular complexity index is 346. The van der Waals surface area contributed by atoms with Gasteiger partial charge in [-0.2, -0.15) is 0 Å². The third-order valence-electron chi connectivity index (χ3n) is 2.53. The predicted octanol–water partition coefficient (Wildman–Crippen LogP) is 2.61. The summed E-state index contributed by atoms with van der Waals surface area (Å²) in [6, 6.07) is 3.53. The van der Waals surface area contributed by atoms with Crippen LogP contribution in [0.5, 0.6) is 11.5 Å². The van der Waals surface area contributed by atoms with Crippen LogP contribution >= 0.6 is 11.6 Å². The van der Waals surface area contributed by atoms with Gasteiger partial charge in [0.2, 0.25) is 0 Å². The van der Waals surface area contributed by atoms with Crippen molar-refractivity contribution < 1.29 is 14.2 Å². The van der Waals surface area contributed by atoms with Gasteiger partial charge in [-0.3, -0.25) is 0 Å². The van der Waals surface area contributed by atoms with Crippen LogP contribution in [0.15, 0.2) is 12.1 Å². The van der Waals surface area contributed by atoms with Crippen LogP contribution in [0.25, 0.3) is 0 Å². The Labute approximate surface area is 113 Å². The highest BCUT2D eigenvalue weighted by atomic mass is 35.5. The standard InChI is InChI=1S/C13H20ClNO3/c1-16-5-3-4-6-18-13-10(9-15)7-11(14)8-12(13)17-2/h7-8H,3-6,9,15H2,1-2H3. The molecule has 1 aromatic rings. The van der Waals surface area contributed by atoms with Crippen LogP contribution in [0.3, 0.4) is 0 Å². The second kappa shape index (κ2) is 8.19. The molecule has 5 heteroatoms. The molecule has 0 aromatic heterocycles. The highest BCUT2D eigenvalue weighted by Gasteiger charge is 2.11. The summed E-state index contributed by atoms with van der Waals surface area (Å²) in [5.41, 5.74) is 6.53. The highest BCUT2D eigenvalue weighted by molar-refractivity contribution is 6.30. The molecular weight excluding hydrogens is 254 g/mol. The van der Waals surface area contributed by atoms with Gasteiger partial charge in [0.25, 0.3) is 0 Å². The zero-order chi connectivity index (χ0) is 13.4. The van der Waals surface area contributed by atoms with Crippen LogP contribution < -0.4 is 15.2 Å². The first-order valence-corrected chi connectivity index (χ1v) is 6.29. The predicted molar refractivity (Wildman–Crippen MR) is 72.5 cm³/mol. The number of hydrogen-bond donors (Lipinski definition) is 1. The molecule has 1 rings (SSSR count). The first kappa shape index (κ1) is 15.1. The Morgan fingerprint density at radius 1 is 1.17 bits per heavy atom. The Kier molecular flexibility index (Phi) is 6.86. The lowest BCUT2D eigenvalue weighted by Gasteiger charge is -2.14. The van der Waals surface area contributed by atoms with Crippen molar-refractivity contribution in [3.63, 3.8) is 0 Å². The van der Waals surface area contributed by atoms with E-state index in [2.05, 4.69) is 0 Å². The van der Waals surface area contributed by atoms with E-state index in [1.54, 1.807) is 26.4 Å². The molecule has 0 radical (unpaired) electrons. The van der Waals surface area contributed by atoms with Crippen molar-refractivity contribution in [2.45, 2.75) is 19.4 Å². The van der Waals surface area contributed by atoms with E-state index in [1.807, 2.05) is 0 Å². The van der Waals surface area contributed by atoms with E-state index in [4.69, 9.17) is 31.5 Å². The first-order chi connectivity index (χ1) is 8.72. The van der Waals surface area contributed by atoms with Crippen molar-refractivity contribution in [1.29, 1.82) is 0 Å². The maximum Gasteiger partial charge on any atom is 0.165 e. The van der Waals surface area contributed by atoms with E-state index in [9.17, 15) is 0 Å². The fourth-order valence-electron chi connectivity index (χ4n) is 1.61. The number of hydrogen-bond acceptors (Lipinski definition) is 4. The summed E-state index contributed by atoms with van der Waals surface area (Å²) < 4.78 is 16.0. The van der Waals surface area contributed by atoms with Gasteiger partial charge in [-0.1, -0.05) is 11.6 Å². The molecule has 0 unspecified atom stereocenters. The lowest BCUT2D eigenvalue weighted by atomic mass is 10.2. The smallest absolute Gasteiger partial charge is 0.165 e. The lowest BCUT2D eigenvalue weighted by molar-refractivity contribution is 0.183. The Morgan fingerprint density at radius 3 is 2.50 bits per heavy atom. The third kappa shape index (κ3) is 4.37. The molecule has 0 fully saturated rings. The molecule has 4 nitrogen and oxygen atoms in total. The van der Waals surface area contributed by atoms with Gasteiger partial charge in [-0.25, -0.2) is 0 Å². The van der Waals surface area contributed by atoms with E-state index in [1.165, 1.54) is 0 Å². The highest BCUT2D eigenvalue weighted by Crippen LogP contribution is 2.34. The summed E-state index contributed by atoms with van der Waals surface area (Å²) in [4.78, 5) is 0. The second-order valence-electron chi connectivity index (χ2n) is 3.85. The molecule has 0 spiro atoms. The van der Waals surface area contributed by atoms with Crippen LogP contribution in [-0.4, -0.2) is 27.4 Å². The van der Waals surface area contributed by atoms with E-state index < -0.39 is 0 Å². The van der Waals surface area contributed by atoms with Crippen LogP contribution in [0.1, 0.15) is 18.4 Å². The molecule has 0 aliphatic carbocycles. The monoisotopic (exact) mass is 273 g/mol. The zero-order valence-electron chi connectivity index (χ0n) is 10.9. The Morgan fingerprint density at radius 2 is 1.89 bits per heavy atom. The summed E-state index contributed by atoms with van der Waals surface area (Å²) in [6.45, 7) is 1.71. The van der Waals surface area contributed by atoms with Crippen LogP contribution in [-0.2, 0) is 11.3 Å². The largest absolute Gasteiger partial charge is 0.493 e. The van der Waals surface area contributed by atoms with Crippen LogP contribution in [0, 0.1) is 0 Å². The van der Waals surface area contributed by atoms with E-state index >= 15 is 0 Å². The molecule has 1 aromatic carbocycles. The molecule has 0 saturated heterocycles. The number of unbranched alkanes of at least 4 members (excludes halogenated alkanes) is 1. The maximum absolute atomic E-state index is 5.97. The van der Waals surface area contributed by atoms with Gasteiger partial charge < -0.3 is 19.9 Å². The Hall–Kier alpha value is -0.970. The summed E-state index contributed by atoms with van der Waals surface area (Å²) in [6.07, 6.45) is 1.88. The molecule has 0 bridgehead atoms. The molecule has 0 aliphatic heterocycles. The van der Waals surface area contributed by atoms with E-state index in [0.717, 1.165) is 25.0 Å². The van der Waals surface area contributed by atoms with Gasteiger partial charge in [-0.05, 0) is 18.9 Å². The van der Waals surface area contributed by atoms with Crippen molar-refractivity contribution in [2.75, 3.05) is 27.4 Å². The number of nitrogens with two attached hydrogens (primary N) is 1. The van der Waals surface area contributed by atoms with Crippen molar-refractivity contribution in [2.24, 2.45) is 5.73 Å². The van der Waals surface area contributed by atoms with Crippen LogP contribution in [0.4, 0.5) is 0 Å². The Balaban J connectivity index is 2.67. The van der Waals surface area contributed by atoms with Gasteiger partial charge in [0, 0.05) is 36.9 Å². The fraction of sp³-hybridized carbons (Fsp3) is 0.538. The normalized spacial score (nSPS) is 10.4. The zero-order valence-corrected chi connectivity index (χ0v) is 11.6. The molecule has 0 atom stereocenters. The van der Waals surface area contributed by atoms with Gasteiger partial charge in [0.1, 0.15) is 0 Å². The molecule has 2 N–H and O–H groups in total. The number of rotatable bonds is 8. The van der Waals surface area contributed by atoms with Gasteiger partial charge in [0.05, 0.1) is 13.7 Å². The second-order valence-corrected chi connectivity index (χ2v) is 4.29. The van der Waals surface area contributed by atoms with Gasteiger partial charge in [0.15, 0.2) is 11.5 Å². The molecule has 0 amide bonds. The average Bonchev–Trinajstić information content (AvgIpc) is 2.39. The fourth-order valence-corrected chi connectivity index (χ4v) is 1.84. The summed E-state index contributed by atoms with van der Waals surface area (Å²) >= 11 is 5.97. The number of ether oxygens (including phenoxy) is 3. The minimum absolute atomic E-state index is 0.365. The summed E-state index contributed by atoms with van der Waals surface area (Å²) in [5.74, 6) is 1.30. The van der Waals surface area contributed by atoms with Gasteiger partial charge >= 0.3 is 0 Å². The van der Waals surface area contributed by atoms with E-state index in [-0.39, 0.29) is 0 Å². The third-order valence-corrected chi connectivity index (χ3v) is 2.74. The van der Waals surface area contributed by atoms with Crippen LogP contribution in [0.2, 0.25) is 5.02 Å². The van der Waals surface area contributed by atoms with Crippen molar-refractivity contribution in [3.05, 3.63) is 22.7 Å². The molecule has 0 aliphatic rings. The average molecular weight is 274 g/mol. The summed E-state index contributed by atoms with van der Waals surface area (Å²) in [5, 5.41) is 0.596. The van der Waals surface area contributed by atoms with Crippen molar-refractivity contribution in [3.8, 4) is 11.5 Å². The SMILES string of the molecule is COCCCCOc1c(CN)cc(Cl)cc1OC. The van der Waals surface area contributed by atoms with Crippen molar-refractivity contribution >= 4 is 11.6 Å². The molecular formula is C13H20ClNO3. The van der Waals surface area contributed by atoms with Crippen molar-refractivity contribution in [1.82, 2.24) is 0 Å². The molecule has 18 heavy (non-hydrogen) atoms. The minimum atomic E-state index is 0.365. The quantitative estimate of drug-likeness (QED) is 0.740.